The minimum Gasteiger partial charge on any atom is -0.469 e. The van der Waals surface area contributed by atoms with Crippen molar-refractivity contribution < 1.29 is 22.7 Å². The first-order chi connectivity index (χ1) is 12.4. The Labute approximate surface area is 155 Å². The highest BCUT2D eigenvalue weighted by Gasteiger charge is 2.33. The normalized spacial score (nSPS) is 12.1. The van der Waals surface area contributed by atoms with E-state index in [1.807, 2.05) is 6.92 Å². The number of methoxy groups -OCH3 is 1. The quantitative estimate of drug-likeness (QED) is 0.276. The molecule has 0 aliphatic heterocycles. The number of nitrogens with zero attached hydrogens (tertiary/aromatic N) is 2. The second-order valence-electron chi connectivity index (χ2n) is 5.49. The third-order valence-electron chi connectivity index (χ3n) is 3.39. The van der Waals surface area contributed by atoms with Crippen molar-refractivity contribution in [2.45, 2.75) is 51.7 Å². The number of rotatable bonds is 10. The van der Waals surface area contributed by atoms with Crippen LogP contribution in [0.15, 0.2) is 10.4 Å². The molecule has 0 atom stereocenters. The zero-order valence-electron chi connectivity index (χ0n) is 15.0. The van der Waals surface area contributed by atoms with Crippen LogP contribution < -0.4 is 10.6 Å². The van der Waals surface area contributed by atoms with Gasteiger partial charge in [-0.25, -0.2) is 9.98 Å². The number of thiazole rings is 1. The number of halogens is 3. The lowest BCUT2D eigenvalue weighted by molar-refractivity contribution is -0.141. The van der Waals surface area contributed by atoms with Gasteiger partial charge in [-0.05, 0) is 19.8 Å². The van der Waals surface area contributed by atoms with Crippen molar-refractivity contribution in [1.82, 2.24) is 15.6 Å². The first-order valence-corrected chi connectivity index (χ1v) is 9.35. The number of esters is 1. The summed E-state index contributed by atoms with van der Waals surface area (Å²) in [5.41, 5.74) is -0.877. The number of hydrogen-bond donors (Lipinski definition) is 2. The predicted molar refractivity (Wildman–Crippen MR) is 95.0 cm³/mol. The van der Waals surface area contributed by atoms with Crippen LogP contribution in [-0.2, 0) is 22.3 Å². The van der Waals surface area contributed by atoms with Crippen LogP contribution >= 0.6 is 11.3 Å². The van der Waals surface area contributed by atoms with Gasteiger partial charge in [0, 0.05) is 24.9 Å². The smallest absolute Gasteiger partial charge is 0.434 e. The molecule has 0 aliphatic rings. The van der Waals surface area contributed by atoms with Gasteiger partial charge in [0.25, 0.3) is 0 Å². The van der Waals surface area contributed by atoms with Crippen LogP contribution in [0, 0.1) is 0 Å². The van der Waals surface area contributed by atoms with E-state index in [1.165, 1.54) is 7.11 Å². The summed E-state index contributed by atoms with van der Waals surface area (Å²) in [5, 5.41) is 7.50. The molecule has 0 unspecified atom stereocenters. The van der Waals surface area contributed by atoms with E-state index in [9.17, 15) is 18.0 Å². The van der Waals surface area contributed by atoms with Crippen molar-refractivity contribution in [3.63, 3.8) is 0 Å². The number of aromatic nitrogens is 1. The number of carbonyl (C=O) groups is 1. The highest BCUT2D eigenvalue weighted by molar-refractivity contribution is 7.09. The third-order valence-corrected chi connectivity index (χ3v) is 4.22. The van der Waals surface area contributed by atoms with E-state index in [0.29, 0.717) is 30.5 Å². The summed E-state index contributed by atoms with van der Waals surface area (Å²) in [5.74, 6) is 0.353. The van der Waals surface area contributed by atoms with Crippen LogP contribution in [0.2, 0.25) is 0 Å². The molecule has 10 heteroatoms. The van der Waals surface area contributed by atoms with E-state index < -0.39 is 11.9 Å². The van der Waals surface area contributed by atoms with E-state index in [2.05, 4.69) is 25.3 Å². The molecule has 0 radical (unpaired) electrons. The molecule has 1 aromatic rings. The minimum atomic E-state index is -4.42. The summed E-state index contributed by atoms with van der Waals surface area (Å²) in [6.07, 6.45) is -0.390. The first-order valence-electron chi connectivity index (χ1n) is 8.47. The molecule has 0 fully saturated rings. The van der Waals surface area contributed by atoms with Gasteiger partial charge in [0.2, 0.25) is 0 Å². The SMILES string of the molecule is CCNC(=NCc1nc(C(F)(F)F)cs1)NCCCCCCC(=O)OC. The summed E-state index contributed by atoms with van der Waals surface area (Å²) in [6.45, 7) is 3.34. The van der Waals surface area contributed by atoms with Crippen molar-refractivity contribution in [2.75, 3.05) is 20.2 Å². The van der Waals surface area contributed by atoms with E-state index in [-0.39, 0.29) is 12.5 Å². The Hall–Kier alpha value is -1.84. The van der Waals surface area contributed by atoms with Gasteiger partial charge < -0.3 is 15.4 Å². The number of guanidine groups is 1. The van der Waals surface area contributed by atoms with Crippen LogP contribution in [0.5, 0.6) is 0 Å². The fraction of sp³-hybridized carbons (Fsp3) is 0.688. The standard InChI is InChI=1S/C16H25F3N4O2S/c1-3-20-15(21-9-7-5-4-6-8-14(24)25-2)22-10-13-23-12(11-26-13)16(17,18)19/h11H,3-10H2,1-2H3,(H2,20,21,22). The van der Waals surface area contributed by atoms with E-state index >= 15 is 0 Å². The lowest BCUT2D eigenvalue weighted by Gasteiger charge is -2.10. The summed E-state index contributed by atoms with van der Waals surface area (Å²) in [6, 6.07) is 0. The molecule has 1 heterocycles. The summed E-state index contributed by atoms with van der Waals surface area (Å²) in [7, 11) is 1.38. The zero-order valence-corrected chi connectivity index (χ0v) is 15.8. The largest absolute Gasteiger partial charge is 0.469 e. The predicted octanol–water partition coefficient (Wildman–Crippen LogP) is 3.34. The van der Waals surface area contributed by atoms with Crippen molar-refractivity contribution in [1.29, 1.82) is 0 Å². The number of aliphatic imine (C=N–C) groups is 1. The Morgan fingerprint density at radius 2 is 2.00 bits per heavy atom. The fourth-order valence-electron chi connectivity index (χ4n) is 2.06. The van der Waals surface area contributed by atoms with Crippen LogP contribution in [0.1, 0.15) is 49.7 Å². The number of unbranched alkanes of at least 4 members (excludes halogenated alkanes) is 3. The molecule has 0 amide bonds. The van der Waals surface area contributed by atoms with Gasteiger partial charge in [0.05, 0.1) is 13.7 Å². The Morgan fingerprint density at radius 1 is 1.27 bits per heavy atom. The average Bonchev–Trinajstić information content (AvgIpc) is 3.07. The molecule has 0 aromatic carbocycles. The van der Waals surface area contributed by atoms with E-state index in [0.717, 1.165) is 42.4 Å². The minimum absolute atomic E-state index is 0.0925. The molecule has 1 aromatic heterocycles. The maximum atomic E-state index is 12.5. The van der Waals surface area contributed by atoms with Crippen molar-refractivity contribution >= 4 is 23.3 Å². The molecule has 0 bridgehead atoms. The summed E-state index contributed by atoms with van der Waals surface area (Å²) >= 11 is 0.947. The highest BCUT2D eigenvalue weighted by Crippen LogP contribution is 2.30. The van der Waals surface area contributed by atoms with Crippen LogP contribution in [-0.4, -0.2) is 37.1 Å². The van der Waals surface area contributed by atoms with Gasteiger partial charge in [-0.2, -0.15) is 13.2 Å². The molecular weight excluding hydrogens is 369 g/mol. The molecule has 26 heavy (non-hydrogen) atoms. The third kappa shape index (κ3) is 9.02. The van der Waals surface area contributed by atoms with Gasteiger partial charge in [0.15, 0.2) is 11.7 Å². The molecule has 6 nitrogen and oxygen atoms in total. The molecule has 148 valence electrons. The Morgan fingerprint density at radius 3 is 2.62 bits per heavy atom. The second kappa shape index (κ2) is 11.7. The molecule has 0 spiro atoms. The van der Waals surface area contributed by atoms with Crippen molar-refractivity contribution in [3.8, 4) is 0 Å². The lowest BCUT2D eigenvalue weighted by atomic mass is 10.1. The lowest BCUT2D eigenvalue weighted by Crippen LogP contribution is -2.37. The molecule has 1 rings (SSSR count). The maximum Gasteiger partial charge on any atom is 0.434 e. The molecule has 0 saturated carbocycles. The van der Waals surface area contributed by atoms with Gasteiger partial charge in [-0.1, -0.05) is 12.8 Å². The zero-order chi connectivity index (χ0) is 19.4. The van der Waals surface area contributed by atoms with Gasteiger partial charge in [-0.3, -0.25) is 4.79 Å². The van der Waals surface area contributed by atoms with Gasteiger partial charge >= 0.3 is 12.1 Å². The van der Waals surface area contributed by atoms with E-state index in [4.69, 9.17) is 0 Å². The fourth-order valence-corrected chi connectivity index (χ4v) is 2.78. The number of hydrogen-bond acceptors (Lipinski definition) is 5. The molecule has 0 aliphatic carbocycles. The number of ether oxygens (including phenoxy) is 1. The summed E-state index contributed by atoms with van der Waals surface area (Å²) in [4.78, 5) is 18.8. The second-order valence-corrected chi connectivity index (χ2v) is 6.43. The average molecular weight is 394 g/mol. The number of carbonyl (C=O) groups excluding carboxylic acids is 1. The topological polar surface area (TPSA) is 75.6 Å². The van der Waals surface area contributed by atoms with Crippen molar-refractivity contribution in [3.05, 3.63) is 16.1 Å². The van der Waals surface area contributed by atoms with Crippen LogP contribution in [0.3, 0.4) is 0 Å². The maximum absolute atomic E-state index is 12.5. The number of alkyl halides is 3. The van der Waals surface area contributed by atoms with Crippen LogP contribution in [0.25, 0.3) is 0 Å². The molecule has 2 N–H and O–H groups in total. The van der Waals surface area contributed by atoms with Gasteiger partial charge in [0.1, 0.15) is 5.01 Å². The highest BCUT2D eigenvalue weighted by atomic mass is 32.1. The number of nitrogens with one attached hydrogen (secondary N) is 2. The monoisotopic (exact) mass is 394 g/mol. The van der Waals surface area contributed by atoms with Gasteiger partial charge in [-0.15, -0.1) is 11.3 Å². The Bertz CT molecular complexity index is 576. The molecular formula is C16H25F3N4O2S. The van der Waals surface area contributed by atoms with Crippen LogP contribution in [0.4, 0.5) is 13.2 Å². The van der Waals surface area contributed by atoms with E-state index in [1.54, 1.807) is 0 Å². The first kappa shape index (κ1) is 22.2. The summed E-state index contributed by atoms with van der Waals surface area (Å²) < 4.78 is 42.2. The molecule has 0 saturated heterocycles. The van der Waals surface area contributed by atoms with Crippen molar-refractivity contribution in [2.24, 2.45) is 4.99 Å². The Kier molecular flexibility index (Phi) is 10.0. The Balaban J connectivity index is 2.33.